The fourth-order valence-electron chi connectivity index (χ4n) is 1.65. The molecule has 0 N–H and O–H groups in total. The second-order valence-electron chi connectivity index (χ2n) is 5.68. The van der Waals surface area contributed by atoms with Crippen molar-refractivity contribution < 1.29 is 0 Å². The van der Waals surface area contributed by atoms with Gasteiger partial charge in [-0.2, -0.15) is 0 Å². The molecule has 0 aromatic rings. The van der Waals surface area contributed by atoms with Gasteiger partial charge >= 0.3 is 0 Å². The van der Waals surface area contributed by atoms with Crippen molar-refractivity contribution in [2.24, 2.45) is 17.8 Å². The summed E-state index contributed by atoms with van der Waals surface area (Å²) in [7, 11) is 0. The summed E-state index contributed by atoms with van der Waals surface area (Å²) in [6.07, 6.45) is 5.43. The van der Waals surface area contributed by atoms with E-state index in [2.05, 4.69) is 41.5 Å². The maximum Gasteiger partial charge on any atom is -0.0215 e. The van der Waals surface area contributed by atoms with Crippen LogP contribution in [0.4, 0.5) is 0 Å². The topological polar surface area (TPSA) is 0 Å². The third-order valence-electron chi connectivity index (χ3n) is 2.90. The van der Waals surface area contributed by atoms with Gasteiger partial charge in [0, 0.05) is 0 Å². The molecule has 0 spiro atoms. The molecule has 0 unspecified atom stereocenters. The van der Waals surface area contributed by atoms with Crippen LogP contribution in [0.25, 0.3) is 0 Å². The summed E-state index contributed by atoms with van der Waals surface area (Å²) < 4.78 is 0. The molecule has 0 rings (SSSR count). The van der Waals surface area contributed by atoms with Gasteiger partial charge in [-0.1, -0.05) is 54.4 Å². The zero-order valence-corrected chi connectivity index (χ0v) is 11.1. The van der Waals surface area contributed by atoms with E-state index in [4.69, 9.17) is 0 Å². The first-order valence-corrected chi connectivity index (χ1v) is 6.28. The van der Waals surface area contributed by atoms with Crippen LogP contribution in [0.15, 0.2) is 0 Å². The minimum absolute atomic E-state index is 0.785. The van der Waals surface area contributed by atoms with E-state index < -0.39 is 0 Å². The zero-order chi connectivity index (χ0) is 11.1. The Labute approximate surface area is 91.5 Å². The van der Waals surface area contributed by atoms with Crippen molar-refractivity contribution in [3.63, 3.8) is 0 Å². The minimum atomic E-state index is 0.785. The summed E-state index contributed by atoms with van der Waals surface area (Å²) in [6.45, 7) is 14.0. The van der Waals surface area contributed by atoms with Crippen LogP contribution in [-0.2, 0) is 0 Å². The van der Waals surface area contributed by atoms with Gasteiger partial charge in [0.25, 0.3) is 0 Å². The molecule has 0 bridgehead atoms. The molecule has 1 radical (unpaired) electrons. The molecule has 0 fully saturated rings. The van der Waals surface area contributed by atoms with Gasteiger partial charge in [0.2, 0.25) is 0 Å². The van der Waals surface area contributed by atoms with E-state index in [-0.39, 0.29) is 0 Å². The lowest BCUT2D eigenvalue weighted by Gasteiger charge is -2.22. The highest BCUT2D eigenvalue weighted by atomic mass is 14.2. The molecule has 0 nitrogen and oxygen atoms in total. The highest BCUT2D eigenvalue weighted by Crippen LogP contribution is 2.28. The van der Waals surface area contributed by atoms with Crippen molar-refractivity contribution >= 4 is 0 Å². The van der Waals surface area contributed by atoms with E-state index in [9.17, 15) is 0 Å². The van der Waals surface area contributed by atoms with Crippen LogP contribution in [0.2, 0.25) is 0 Å². The molecular weight excluding hydrogens is 168 g/mol. The Bertz CT molecular complexity index is 110. The standard InChI is InChI=1S/C14H29/c1-11(2)7-9-14(13(5)6)10-8-12(3)4/h11-13H,7-10H2,1-6H3. The molecular formula is C14H29. The molecule has 0 aromatic carbocycles. The lowest BCUT2D eigenvalue weighted by molar-refractivity contribution is 0.451. The van der Waals surface area contributed by atoms with E-state index in [1.54, 1.807) is 5.92 Å². The Morgan fingerprint density at radius 3 is 1.29 bits per heavy atom. The Morgan fingerprint density at radius 1 is 0.714 bits per heavy atom. The molecule has 0 heterocycles. The molecule has 0 aliphatic carbocycles. The smallest absolute Gasteiger partial charge is 0.0215 e. The first-order valence-electron chi connectivity index (χ1n) is 6.28. The molecule has 0 aliphatic heterocycles. The SMILES string of the molecule is CC(C)CC[C](CCC(C)C)C(C)C. The van der Waals surface area contributed by atoms with Crippen molar-refractivity contribution in [1.82, 2.24) is 0 Å². The largest absolute Gasteiger partial charge is 0.0628 e. The first-order chi connectivity index (χ1) is 6.43. The Hall–Kier alpha value is 0. The average molecular weight is 197 g/mol. The van der Waals surface area contributed by atoms with E-state index in [0.717, 1.165) is 17.8 Å². The third kappa shape index (κ3) is 7.41. The molecule has 0 amide bonds. The van der Waals surface area contributed by atoms with E-state index in [0.29, 0.717) is 0 Å². The molecule has 0 saturated heterocycles. The molecule has 85 valence electrons. The van der Waals surface area contributed by atoms with Gasteiger partial charge in [-0.3, -0.25) is 0 Å². The second-order valence-corrected chi connectivity index (χ2v) is 5.68. The fraction of sp³-hybridized carbons (Fsp3) is 0.929. The van der Waals surface area contributed by atoms with Crippen LogP contribution in [0.1, 0.15) is 67.2 Å². The molecule has 0 atom stereocenters. The fourth-order valence-corrected chi connectivity index (χ4v) is 1.65. The third-order valence-corrected chi connectivity index (χ3v) is 2.90. The van der Waals surface area contributed by atoms with Gasteiger partial charge in [-0.25, -0.2) is 0 Å². The summed E-state index contributed by atoms with van der Waals surface area (Å²) in [6, 6.07) is 0. The quantitative estimate of drug-likeness (QED) is 0.533. The average Bonchev–Trinajstić information content (AvgIpc) is 2.02. The van der Waals surface area contributed by atoms with Gasteiger partial charge in [-0.05, 0) is 36.5 Å². The van der Waals surface area contributed by atoms with Crippen LogP contribution in [-0.4, -0.2) is 0 Å². The van der Waals surface area contributed by atoms with Crippen LogP contribution in [0.5, 0.6) is 0 Å². The van der Waals surface area contributed by atoms with Crippen molar-refractivity contribution in [2.45, 2.75) is 67.2 Å². The lowest BCUT2D eigenvalue weighted by Crippen LogP contribution is -2.08. The number of hydrogen-bond acceptors (Lipinski definition) is 0. The van der Waals surface area contributed by atoms with Crippen LogP contribution in [0.3, 0.4) is 0 Å². The molecule has 0 aromatic heterocycles. The van der Waals surface area contributed by atoms with E-state index >= 15 is 0 Å². The summed E-state index contributed by atoms with van der Waals surface area (Å²) >= 11 is 0. The summed E-state index contributed by atoms with van der Waals surface area (Å²) in [5.74, 6) is 4.27. The van der Waals surface area contributed by atoms with Crippen LogP contribution < -0.4 is 0 Å². The van der Waals surface area contributed by atoms with Crippen molar-refractivity contribution in [3.8, 4) is 0 Å². The molecule has 14 heavy (non-hydrogen) atoms. The Morgan fingerprint density at radius 2 is 1.07 bits per heavy atom. The highest BCUT2D eigenvalue weighted by molar-refractivity contribution is 4.92. The highest BCUT2D eigenvalue weighted by Gasteiger charge is 2.14. The monoisotopic (exact) mass is 197 g/mol. The van der Waals surface area contributed by atoms with Gasteiger partial charge in [0.15, 0.2) is 0 Å². The second kappa shape index (κ2) is 7.31. The molecule has 0 aliphatic rings. The zero-order valence-electron chi connectivity index (χ0n) is 11.1. The Kier molecular flexibility index (Phi) is 7.31. The summed E-state index contributed by atoms with van der Waals surface area (Å²) in [5, 5.41) is 0. The summed E-state index contributed by atoms with van der Waals surface area (Å²) in [4.78, 5) is 0. The van der Waals surface area contributed by atoms with Crippen LogP contribution in [0, 0.1) is 23.7 Å². The first kappa shape index (κ1) is 14.0. The van der Waals surface area contributed by atoms with Gasteiger partial charge in [0.1, 0.15) is 0 Å². The molecule has 0 heteroatoms. The van der Waals surface area contributed by atoms with E-state index in [1.807, 2.05) is 0 Å². The molecule has 0 saturated carbocycles. The van der Waals surface area contributed by atoms with E-state index in [1.165, 1.54) is 25.7 Å². The minimum Gasteiger partial charge on any atom is -0.0628 e. The lowest BCUT2D eigenvalue weighted by atomic mass is 9.84. The van der Waals surface area contributed by atoms with Gasteiger partial charge < -0.3 is 0 Å². The normalized spacial score (nSPS) is 12.4. The van der Waals surface area contributed by atoms with Gasteiger partial charge in [-0.15, -0.1) is 0 Å². The van der Waals surface area contributed by atoms with Crippen molar-refractivity contribution in [2.75, 3.05) is 0 Å². The van der Waals surface area contributed by atoms with Crippen molar-refractivity contribution in [3.05, 3.63) is 5.92 Å². The predicted octanol–water partition coefficient (Wildman–Crippen LogP) is 5.09. The van der Waals surface area contributed by atoms with Crippen molar-refractivity contribution in [1.29, 1.82) is 0 Å². The van der Waals surface area contributed by atoms with Crippen LogP contribution >= 0.6 is 0 Å². The number of rotatable bonds is 7. The summed E-state index contributed by atoms with van der Waals surface area (Å²) in [5.41, 5.74) is 0. The predicted molar refractivity (Wildman–Crippen MR) is 66.2 cm³/mol. The number of hydrogen-bond donors (Lipinski definition) is 0. The maximum absolute atomic E-state index is 2.34. The van der Waals surface area contributed by atoms with Gasteiger partial charge in [0.05, 0.1) is 0 Å². The Balaban J connectivity index is 3.78. The maximum atomic E-state index is 2.34.